The van der Waals surface area contributed by atoms with Crippen molar-refractivity contribution in [3.63, 3.8) is 0 Å². The van der Waals surface area contributed by atoms with Crippen LogP contribution in [0.2, 0.25) is 0 Å². The lowest BCUT2D eigenvalue weighted by molar-refractivity contribution is 0.0970. The van der Waals surface area contributed by atoms with Crippen LogP contribution in [0.15, 0.2) is 60.8 Å². The van der Waals surface area contributed by atoms with Gasteiger partial charge in [-0.05, 0) is 24.3 Å². The van der Waals surface area contributed by atoms with Crippen LogP contribution in [0.5, 0.6) is 5.75 Å². The average Bonchev–Trinajstić information content (AvgIpc) is 2.48. The minimum atomic E-state index is -0.133. The fraction of sp³-hybridized carbons (Fsp3) is 0.0625. The molecule has 0 aliphatic rings. The van der Waals surface area contributed by atoms with Gasteiger partial charge in [-0.3, -0.25) is 4.79 Å². The highest BCUT2D eigenvalue weighted by molar-refractivity contribution is 5.95. The minimum Gasteiger partial charge on any atom is -0.496 e. The lowest BCUT2D eigenvalue weighted by Crippen LogP contribution is -2.16. The molecule has 0 heterocycles. The summed E-state index contributed by atoms with van der Waals surface area (Å²) in [5.74, 6) is 0.638. The van der Waals surface area contributed by atoms with E-state index >= 15 is 0 Å². The summed E-state index contributed by atoms with van der Waals surface area (Å²) >= 11 is 0. The molecule has 2 aromatic rings. The SMILES string of the molecule is COc1ccccc1C=CNC(=O)c1ccccc1. The second-order valence-corrected chi connectivity index (χ2v) is 3.91. The van der Waals surface area contributed by atoms with E-state index in [4.69, 9.17) is 4.74 Å². The number of amides is 1. The van der Waals surface area contributed by atoms with E-state index in [1.807, 2.05) is 42.5 Å². The molecule has 0 spiro atoms. The van der Waals surface area contributed by atoms with E-state index in [9.17, 15) is 4.79 Å². The van der Waals surface area contributed by atoms with E-state index in [-0.39, 0.29) is 5.91 Å². The van der Waals surface area contributed by atoms with Crippen LogP contribution in [0, 0.1) is 0 Å². The first kappa shape index (κ1) is 12.9. The molecule has 3 heteroatoms. The Hall–Kier alpha value is -2.55. The maximum Gasteiger partial charge on any atom is 0.255 e. The Morgan fingerprint density at radius 3 is 2.47 bits per heavy atom. The van der Waals surface area contributed by atoms with Gasteiger partial charge in [-0.25, -0.2) is 0 Å². The van der Waals surface area contributed by atoms with Crippen LogP contribution in [0.3, 0.4) is 0 Å². The molecule has 2 aromatic carbocycles. The second kappa shape index (κ2) is 6.40. The first-order chi connectivity index (χ1) is 9.31. The molecule has 96 valence electrons. The summed E-state index contributed by atoms with van der Waals surface area (Å²) in [7, 11) is 1.62. The predicted octanol–water partition coefficient (Wildman–Crippen LogP) is 3.10. The van der Waals surface area contributed by atoms with Crippen LogP contribution in [-0.4, -0.2) is 13.0 Å². The Kier molecular flexibility index (Phi) is 4.34. The summed E-state index contributed by atoms with van der Waals surface area (Å²) in [6.45, 7) is 0. The molecule has 0 bridgehead atoms. The summed E-state index contributed by atoms with van der Waals surface area (Å²) in [5, 5.41) is 2.72. The molecule has 0 atom stereocenters. The van der Waals surface area contributed by atoms with E-state index in [0.717, 1.165) is 11.3 Å². The largest absolute Gasteiger partial charge is 0.496 e. The highest BCUT2D eigenvalue weighted by atomic mass is 16.5. The molecule has 0 aliphatic heterocycles. The van der Waals surface area contributed by atoms with Gasteiger partial charge < -0.3 is 10.1 Å². The lowest BCUT2D eigenvalue weighted by atomic mass is 10.2. The smallest absolute Gasteiger partial charge is 0.255 e. The van der Waals surface area contributed by atoms with E-state index in [1.165, 1.54) is 0 Å². The Balaban J connectivity index is 2.02. The van der Waals surface area contributed by atoms with E-state index in [0.29, 0.717) is 5.56 Å². The number of benzene rings is 2. The number of ether oxygens (including phenoxy) is 1. The topological polar surface area (TPSA) is 38.3 Å². The van der Waals surface area contributed by atoms with Crippen molar-refractivity contribution in [2.75, 3.05) is 7.11 Å². The quantitative estimate of drug-likeness (QED) is 0.909. The van der Waals surface area contributed by atoms with Crippen LogP contribution in [-0.2, 0) is 0 Å². The number of nitrogens with one attached hydrogen (secondary N) is 1. The third-order valence-corrected chi connectivity index (χ3v) is 2.65. The molecule has 2 rings (SSSR count). The van der Waals surface area contributed by atoms with E-state index < -0.39 is 0 Å². The Morgan fingerprint density at radius 2 is 1.74 bits per heavy atom. The first-order valence-corrected chi connectivity index (χ1v) is 5.97. The van der Waals surface area contributed by atoms with Crippen LogP contribution in [0.25, 0.3) is 6.08 Å². The molecule has 0 saturated heterocycles. The normalized spacial score (nSPS) is 10.4. The van der Waals surface area contributed by atoms with Crippen molar-refractivity contribution < 1.29 is 9.53 Å². The molecule has 0 saturated carbocycles. The van der Waals surface area contributed by atoms with Crippen LogP contribution < -0.4 is 10.1 Å². The van der Waals surface area contributed by atoms with E-state index in [1.54, 1.807) is 31.5 Å². The molecule has 0 unspecified atom stereocenters. The molecule has 0 aliphatic carbocycles. The van der Waals surface area contributed by atoms with Crippen molar-refractivity contribution in [3.05, 3.63) is 71.9 Å². The highest BCUT2D eigenvalue weighted by Crippen LogP contribution is 2.18. The van der Waals surface area contributed by atoms with Crippen molar-refractivity contribution >= 4 is 12.0 Å². The van der Waals surface area contributed by atoms with Gasteiger partial charge in [0.05, 0.1) is 7.11 Å². The average molecular weight is 253 g/mol. The van der Waals surface area contributed by atoms with Gasteiger partial charge in [0.1, 0.15) is 5.75 Å². The zero-order valence-corrected chi connectivity index (χ0v) is 10.7. The summed E-state index contributed by atoms with van der Waals surface area (Å²) in [5.41, 5.74) is 1.55. The summed E-state index contributed by atoms with van der Waals surface area (Å²) < 4.78 is 5.22. The molecule has 19 heavy (non-hydrogen) atoms. The molecule has 0 aromatic heterocycles. The monoisotopic (exact) mass is 253 g/mol. The molecule has 0 fully saturated rings. The van der Waals surface area contributed by atoms with Crippen molar-refractivity contribution in [1.29, 1.82) is 0 Å². The van der Waals surface area contributed by atoms with Gasteiger partial charge in [0, 0.05) is 17.3 Å². The van der Waals surface area contributed by atoms with Gasteiger partial charge in [0.15, 0.2) is 0 Å². The maximum absolute atomic E-state index is 11.8. The Labute approximate surface area is 112 Å². The number of hydrogen-bond donors (Lipinski definition) is 1. The number of rotatable bonds is 4. The zero-order chi connectivity index (χ0) is 13.5. The zero-order valence-electron chi connectivity index (χ0n) is 10.7. The minimum absolute atomic E-state index is 0.133. The number of hydrogen-bond acceptors (Lipinski definition) is 2. The third kappa shape index (κ3) is 3.45. The summed E-state index contributed by atoms with van der Waals surface area (Å²) in [4.78, 5) is 11.8. The Bertz CT molecular complexity index is 576. The van der Waals surface area contributed by atoms with Gasteiger partial charge in [-0.2, -0.15) is 0 Å². The molecule has 1 N–H and O–H groups in total. The van der Waals surface area contributed by atoms with Crippen molar-refractivity contribution in [2.45, 2.75) is 0 Å². The highest BCUT2D eigenvalue weighted by Gasteiger charge is 2.01. The number of carbonyl (C=O) groups excluding carboxylic acids is 1. The Morgan fingerprint density at radius 1 is 1.05 bits per heavy atom. The van der Waals surface area contributed by atoms with Gasteiger partial charge in [-0.15, -0.1) is 0 Å². The molecular weight excluding hydrogens is 238 g/mol. The second-order valence-electron chi connectivity index (χ2n) is 3.91. The summed E-state index contributed by atoms with van der Waals surface area (Å²) in [6.07, 6.45) is 3.42. The van der Waals surface area contributed by atoms with Crippen LogP contribution >= 0.6 is 0 Å². The molecule has 3 nitrogen and oxygen atoms in total. The number of methoxy groups -OCH3 is 1. The van der Waals surface area contributed by atoms with Crippen LogP contribution in [0.4, 0.5) is 0 Å². The molecule has 0 radical (unpaired) electrons. The molecule has 1 amide bonds. The van der Waals surface area contributed by atoms with E-state index in [2.05, 4.69) is 5.32 Å². The molecular formula is C16H15NO2. The predicted molar refractivity (Wildman–Crippen MR) is 75.9 cm³/mol. The van der Waals surface area contributed by atoms with Crippen molar-refractivity contribution in [2.24, 2.45) is 0 Å². The van der Waals surface area contributed by atoms with Crippen molar-refractivity contribution in [3.8, 4) is 5.75 Å². The fourth-order valence-corrected chi connectivity index (χ4v) is 1.68. The number of carbonyl (C=O) groups is 1. The van der Waals surface area contributed by atoms with Gasteiger partial charge in [0.2, 0.25) is 0 Å². The lowest BCUT2D eigenvalue weighted by Gasteiger charge is -2.04. The van der Waals surface area contributed by atoms with Gasteiger partial charge in [-0.1, -0.05) is 36.4 Å². The third-order valence-electron chi connectivity index (χ3n) is 2.65. The number of para-hydroxylation sites is 1. The van der Waals surface area contributed by atoms with Crippen LogP contribution in [0.1, 0.15) is 15.9 Å². The van der Waals surface area contributed by atoms with Gasteiger partial charge in [0.25, 0.3) is 5.91 Å². The fourth-order valence-electron chi connectivity index (χ4n) is 1.68. The first-order valence-electron chi connectivity index (χ1n) is 5.97. The standard InChI is InChI=1S/C16H15NO2/c1-19-15-10-6-5-7-13(15)11-12-17-16(18)14-8-3-2-4-9-14/h2-12H,1H3,(H,17,18). The van der Waals surface area contributed by atoms with Crippen molar-refractivity contribution in [1.82, 2.24) is 5.32 Å². The summed E-state index contributed by atoms with van der Waals surface area (Å²) in [6, 6.07) is 16.7. The maximum atomic E-state index is 11.8. The van der Waals surface area contributed by atoms with Gasteiger partial charge >= 0.3 is 0 Å².